The van der Waals surface area contributed by atoms with E-state index in [1.807, 2.05) is 32.9 Å². The van der Waals surface area contributed by atoms with Crippen LogP contribution in [0.25, 0.3) is 0 Å². The second kappa shape index (κ2) is 8.51. The zero-order valence-corrected chi connectivity index (χ0v) is 14.4. The van der Waals surface area contributed by atoms with Gasteiger partial charge in [0.05, 0.1) is 4.90 Å². The van der Waals surface area contributed by atoms with Crippen molar-refractivity contribution in [1.82, 2.24) is 9.62 Å². The summed E-state index contributed by atoms with van der Waals surface area (Å²) in [7, 11) is -3.41. The predicted octanol–water partition coefficient (Wildman–Crippen LogP) is 3.00. The minimum Gasteiger partial charge on any atom is -0.313 e. The number of rotatable bonds is 9. The average molecular weight is 312 g/mol. The highest BCUT2D eigenvalue weighted by molar-refractivity contribution is 7.89. The normalized spacial score (nSPS) is 12.3. The van der Waals surface area contributed by atoms with Crippen LogP contribution in [0.2, 0.25) is 0 Å². The molecule has 1 aromatic carbocycles. The Balaban J connectivity index is 2.99. The van der Waals surface area contributed by atoms with Crippen LogP contribution < -0.4 is 5.32 Å². The molecule has 0 fully saturated rings. The van der Waals surface area contributed by atoms with Crippen molar-refractivity contribution in [3.05, 3.63) is 29.8 Å². The third kappa shape index (κ3) is 5.09. The molecule has 1 N–H and O–H groups in total. The standard InChI is InChI=1S/C16H28N2O2S/c1-5-10-17-13-15-8-7-9-16(12-15)21(19,20)18(11-6-2)14(3)4/h7-9,12,14,17H,5-6,10-11,13H2,1-4H3. The maximum Gasteiger partial charge on any atom is 0.243 e. The van der Waals surface area contributed by atoms with E-state index in [0.717, 1.165) is 24.9 Å². The van der Waals surface area contributed by atoms with Gasteiger partial charge in [0.15, 0.2) is 0 Å². The highest BCUT2D eigenvalue weighted by atomic mass is 32.2. The largest absolute Gasteiger partial charge is 0.313 e. The van der Waals surface area contributed by atoms with Gasteiger partial charge in [-0.05, 0) is 50.9 Å². The minimum absolute atomic E-state index is 0.0307. The number of benzene rings is 1. The molecule has 0 amide bonds. The van der Waals surface area contributed by atoms with Gasteiger partial charge in [0.1, 0.15) is 0 Å². The molecule has 0 aliphatic carbocycles. The third-order valence-corrected chi connectivity index (χ3v) is 5.35. The smallest absolute Gasteiger partial charge is 0.243 e. The maximum absolute atomic E-state index is 12.8. The van der Waals surface area contributed by atoms with Crippen LogP contribution >= 0.6 is 0 Å². The van der Waals surface area contributed by atoms with E-state index in [9.17, 15) is 8.42 Å². The molecule has 21 heavy (non-hydrogen) atoms. The fourth-order valence-electron chi connectivity index (χ4n) is 2.24. The van der Waals surface area contributed by atoms with Crippen molar-refractivity contribution in [3.8, 4) is 0 Å². The Morgan fingerprint density at radius 1 is 1.19 bits per heavy atom. The number of nitrogens with zero attached hydrogens (tertiary/aromatic N) is 1. The number of hydrogen-bond donors (Lipinski definition) is 1. The molecule has 0 saturated carbocycles. The Hall–Kier alpha value is -0.910. The van der Waals surface area contributed by atoms with Gasteiger partial charge >= 0.3 is 0 Å². The van der Waals surface area contributed by atoms with E-state index in [-0.39, 0.29) is 6.04 Å². The van der Waals surface area contributed by atoms with Gasteiger partial charge in [-0.1, -0.05) is 26.0 Å². The number of nitrogens with one attached hydrogen (secondary N) is 1. The van der Waals surface area contributed by atoms with Gasteiger partial charge in [-0.15, -0.1) is 0 Å². The van der Waals surface area contributed by atoms with Crippen LogP contribution in [-0.2, 0) is 16.6 Å². The molecule has 0 spiro atoms. The highest BCUT2D eigenvalue weighted by Gasteiger charge is 2.26. The lowest BCUT2D eigenvalue weighted by Gasteiger charge is -2.25. The van der Waals surface area contributed by atoms with Crippen LogP contribution in [0.15, 0.2) is 29.2 Å². The third-order valence-electron chi connectivity index (χ3n) is 3.28. The lowest BCUT2D eigenvalue weighted by Crippen LogP contribution is -2.37. The molecule has 0 atom stereocenters. The summed E-state index contributed by atoms with van der Waals surface area (Å²) in [5, 5.41) is 3.30. The van der Waals surface area contributed by atoms with Crippen LogP contribution in [0.1, 0.15) is 46.1 Å². The molecule has 0 aromatic heterocycles. The summed E-state index contributed by atoms with van der Waals surface area (Å²) in [6.45, 7) is 10.1. The topological polar surface area (TPSA) is 49.4 Å². The lowest BCUT2D eigenvalue weighted by atomic mass is 10.2. The minimum atomic E-state index is -3.41. The first kappa shape index (κ1) is 18.1. The van der Waals surface area contributed by atoms with Crippen LogP contribution in [0, 0.1) is 0 Å². The van der Waals surface area contributed by atoms with Crippen molar-refractivity contribution in [1.29, 1.82) is 0 Å². The molecule has 0 saturated heterocycles. The van der Waals surface area contributed by atoms with Gasteiger partial charge in [0, 0.05) is 19.1 Å². The molecule has 0 bridgehead atoms. The van der Waals surface area contributed by atoms with Gasteiger partial charge in [-0.2, -0.15) is 4.31 Å². The van der Waals surface area contributed by atoms with Gasteiger partial charge in [-0.25, -0.2) is 8.42 Å². The second-order valence-electron chi connectivity index (χ2n) is 5.53. The molecule has 0 unspecified atom stereocenters. The van der Waals surface area contributed by atoms with Crippen molar-refractivity contribution >= 4 is 10.0 Å². The first-order valence-electron chi connectivity index (χ1n) is 7.75. The van der Waals surface area contributed by atoms with Crippen molar-refractivity contribution < 1.29 is 8.42 Å². The van der Waals surface area contributed by atoms with Crippen LogP contribution in [0.5, 0.6) is 0 Å². The van der Waals surface area contributed by atoms with E-state index in [2.05, 4.69) is 12.2 Å². The fourth-order valence-corrected chi connectivity index (χ4v) is 4.04. The summed E-state index contributed by atoms with van der Waals surface area (Å²) in [6.07, 6.45) is 1.88. The van der Waals surface area contributed by atoms with Gasteiger partial charge in [-0.3, -0.25) is 0 Å². The molecule has 0 aliphatic heterocycles. The summed E-state index contributed by atoms with van der Waals surface area (Å²) in [5.74, 6) is 0. The zero-order chi connectivity index (χ0) is 15.9. The molecule has 1 rings (SSSR count). The first-order valence-corrected chi connectivity index (χ1v) is 9.19. The van der Waals surface area contributed by atoms with E-state index in [1.165, 1.54) is 0 Å². The first-order chi connectivity index (χ1) is 9.93. The molecular weight excluding hydrogens is 284 g/mol. The zero-order valence-electron chi connectivity index (χ0n) is 13.6. The summed E-state index contributed by atoms with van der Waals surface area (Å²) in [5.41, 5.74) is 1.00. The SMILES string of the molecule is CCCNCc1cccc(S(=O)(=O)N(CCC)C(C)C)c1. The molecule has 0 aliphatic rings. The summed E-state index contributed by atoms with van der Waals surface area (Å²) < 4.78 is 27.1. The van der Waals surface area contributed by atoms with Crippen LogP contribution in [-0.4, -0.2) is 31.9 Å². The summed E-state index contributed by atoms with van der Waals surface area (Å²) in [4.78, 5) is 0.389. The lowest BCUT2D eigenvalue weighted by molar-refractivity contribution is 0.354. The molecule has 0 radical (unpaired) electrons. The average Bonchev–Trinajstić information content (AvgIpc) is 2.45. The Labute approximate surface area is 129 Å². The molecule has 0 heterocycles. The van der Waals surface area contributed by atoms with Crippen molar-refractivity contribution in [2.45, 2.75) is 58.0 Å². The fraction of sp³-hybridized carbons (Fsp3) is 0.625. The monoisotopic (exact) mass is 312 g/mol. The Morgan fingerprint density at radius 2 is 1.90 bits per heavy atom. The molecule has 5 heteroatoms. The molecule has 120 valence electrons. The molecule has 4 nitrogen and oxygen atoms in total. The van der Waals surface area contributed by atoms with Crippen molar-refractivity contribution in [2.24, 2.45) is 0 Å². The predicted molar refractivity (Wildman–Crippen MR) is 87.8 cm³/mol. The summed E-state index contributed by atoms with van der Waals surface area (Å²) >= 11 is 0. The Morgan fingerprint density at radius 3 is 2.48 bits per heavy atom. The van der Waals surface area contributed by atoms with Gasteiger partial charge < -0.3 is 5.32 Å². The van der Waals surface area contributed by atoms with E-state index in [1.54, 1.807) is 16.4 Å². The number of sulfonamides is 1. The van der Waals surface area contributed by atoms with Gasteiger partial charge in [0.25, 0.3) is 0 Å². The quantitative estimate of drug-likeness (QED) is 0.713. The molecule has 1 aromatic rings. The van der Waals surface area contributed by atoms with E-state index < -0.39 is 10.0 Å². The number of hydrogen-bond acceptors (Lipinski definition) is 3. The Bertz CT molecular complexity index is 527. The van der Waals surface area contributed by atoms with Crippen LogP contribution in [0.4, 0.5) is 0 Å². The van der Waals surface area contributed by atoms with E-state index in [0.29, 0.717) is 18.0 Å². The Kier molecular flexibility index (Phi) is 7.35. The van der Waals surface area contributed by atoms with E-state index >= 15 is 0 Å². The van der Waals surface area contributed by atoms with Crippen molar-refractivity contribution in [2.75, 3.05) is 13.1 Å². The second-order valence-corrected chi connectivity index (χ2v) is 7.42. The van der Waals surface area contributed by atoms with E-state index in [4.69, 9.17) is 0 Å². The van der Waals surface area contributed by atoms with Crippen molar-refractivity contribution in [3.63, 3.8) is 0 Å². The van der Waals surface area contributed by atoms with Crippen LogP contribution in [0.3, 0.4) is 0 Å². The van der Waals surface area contributed by atoms with Gasteiger partial charge in [0.2, 0.25) is 10.0 Å². The highest BCUT2D eigenvalue weighted by Crippen LogP contribution is 2.19. The molecular formula is C16H28N2O2S. The summed E-state index contributed by atoms with van der Waals surface area (Å²) in [6, 6.07) is 7.21. The maximum atomic E-state index is 12.8.